The number of aromatic nitrogens is 4. The first-order valence-corrected chi connectivity index (χ1v) is 20.6. The number of nitrogens with zero attached hydrogens (tertiary/aromatic N) is 5. The van der Waals surface area contributed by atoms with Gasteiger partial charge in [-0.25, -0.2) is 24.4 Å². The number of fused-ring (bicyclic) bond motifs is 1. The summed E-state index contributed by atoms with van der Waals surface area (Å²) < 4.78 is 48.0. The molecule has 1 N–H and O–H groups in total. The van der Waals surface area contributed by atoms with Gasteiger partial charge in [0.15, 0.2) is 17.0 Å². The fourth-order valence-electron chi connectivity index (χ4n) is 7.19. The van der Waals surface area contributed by atoms with E-state index in [1.54, 1.807) is 26.6 Å². The van der Waals surface area contributed by atoms with E-state index in [9.17, 15) is 4.79 Å². The lowest BCUT2D eigenvalue weighted by Gasteiger charge is -2.39. The summed E-state index contributed by atoms with van der Waals surface area (Å²) >= 11 is 0. The van der Waals surface area contributed by atoms with Gasteiger partial charge in [-0.05, 0) is 68.7 Å². The number of hydrogen-bond donors (Lipinski definition) is 1. The zero-order valence-electron chi connectivity index (χ0n) is 34.4. The number of hydrogen-bond acceptors (Lipinski definition) is 12. The summed E-state index contributed by atoms with van der Waals surface area (Å²) in [4.78, 5) is 25.8. The van der Waals surface area contributed by atoms with Gasteiger partial charge in [0.05, 0.1) is 39.9 Å². The van der Waals surface area contributed by atoms with Crippen LogP contribution in [0.4, 0.5) is 10.6 Å². The van der Waals surface area contributed by atoms with Gasteiger partial charge in [0.25, 0.3) is 8.53 Å². The van der Waals surface area contributed by atoms with Crippen LogP contribution in [0, 0.1) is 0 Å². The molecule has 5 aromatic rings. The van der Waals surface area contributed by atoms with E-state index in [0.717, 1.165) is 28.2 Å². The minimum atomic E-state index is -1.58. The summed E-state index contributed by atoms with van der Waals surface area (Å²) in [6.07, 6.45) is 4.18. The number of imidazole rings is 1. The highest BCUT2D eigenvalue weighted by Gasteiger charge is 2.45. The molecule has 6 rings (SSSR count). The highest BCUT2D eigenvalue weighted by atomic mass is 31.2. The Labute approximate surface area is 347 Å². The van der Waals surface area contributed by atoms with Crippen molar-refractivity contribution in [3.05, 3.63) is 134 Å². The molecule has 1 fully saturated rings. The van der Waals surface area contributed by atoms with E-state index in [0.29, 0.717) is 24.2 Å². The zero-order valence-corrected chi connectivity index (χ0v) is 35.3. The molecular formula is C44H53N6O8P. The largest absolute Gasteiger partial charge is 0.497 e. The SMILES string of the molecule is C=CCOC(=O)Nc1ncnc2c1ncn2[C@H]1C[C@H](OP(OCC=C)N(C(C)C)C(C)C)[C@@H](COC(c2ccccc2)(c2ccc(OC)cc2)c2ccc(OC)cc2)O1. The molecule has 59 heavy (non-hydrogen) atoms. The molecule has 0 saturated carbocycles. The van der Waals surface area contributed by atoms with Crippen LogP contribution in [0.25, 0.3) is 11.2 Å². The van der Waals surface area contributed by atoms with Crippen molar-refractivity contribution in [2.75, 3.05) is 39.4 Å². The van der Waals surface area contributed by atoms with Gasteiger partial charge in [0.1, 0.15) is 42.4 Å². The third-order valence-electron chi connectivity index (χ3n) is 9.81. The van der Waals surface area contributed by atoms with Crippen molar-refractivity contribution in [2.24, 2.45) is 0 Å². The molecule has 15 heteroatoms. The number of rotatable bonds is 20. The summed E-state index contributed by atoms with van der Waals surface area (Å²) in [5.41, 5.74) is 2.39. The van der Waals surface area contributed by atoms with Crippen molar-refractivity contribution in [1.29, 1.82) is 0 Å². The zero-order chi connectivity index (χ0) is 41.9. The summed E-state index contributed by atoms with van der Waals surface area (Å²) in [6, 6.07) is 26.1. The summed E-state index contributed by atoms with van der Waals surface area (Å²) in [5.74, 6) is 1.64. The van der Waals surface area contributed by atoms with Gasteiger partial charge in [-0.15, -0.1) is 6.58 Å². The van der Waals surface area contributed by atoms with Crippen LogP contribution in [-0.4, -0.2) is 88.6 Å². The molecule has 14 nitrogen and oxygen atoms in total. The second kappa shape index (κ2) is 20.2. The van der Waals surface area contributed by atoms with Crippen molar-refractivity contribution < 1.29 is 37.5 Å². The average Bonchev–Trinajstić information content (AvgIpc) is 3.87. The molecule has 0 spiro atoms. The van der Waals surface area contributed by atoms with Crippen LogP contribution in [0.2, 0.25) is 0 Å². The maximum Gasteiger partial charge on any atom is 0.413 e. The Balaban J connectivity index is 1.42. The molecule has 4 atom stereocenters. The Morgan fingerprint density at radius 2 is 1.51 bits per heavy atom. The number of amides is 1. The standard InChI is InChI=1S/C44H53N6O8P/c1-9-24-54-43(51)48-41-40-42(46-28-45-41)49(29-47-40)39-26-37(58-59(56-25-10-2)50(30(3)4)31(5)6)38(57-39)27-55-44(32-14-12-11-13-15-32,33-16-20-35(52-7)21-17-33)34-18-22-36(53-8)23-19-34/h9-23,28-31,37-39H,1-2,24-27H2,3-8H3,(H,45,46,48,51)/t37-,38+,39+,59?/m0/s1. The molecule has 0 radical (unpaired) electrons. The van der Waals surface area contributed by atoms with E-state index in [-0.39, 0.29) is 31.1 Å². The highest BCUT2D eigenvalue weighted by Crippen LogP contribution is 2.51. The van der Waals surface area contributed by atoms with Crippen LogP contribution in [-0.2, 0) is 28.9 Å². The van der Waals surface area contributed by atoms with Gasteiger partial charge in [0, 0.05) is 18.5 Å². The number of nitrogens with one attached hydrogen (secondary N) is 1. The van der Waals surface area contributed by atoms with Crippen molar-refractivity contribution in [3.8, 4) is 11.5 Å². The van der Waals surface area contributed by atoms with Crippen molar-refractivity contribution >= 4 is 31.6 Å². The first-order valence-electron chi connectivity index (χ1n) is 19.5. The van der Waals surface area contributed by atoms with Crippen LogP contribution in [0.5, 0.6) is 11.5 Å². The Bertz CT molecular complexity index is 2080. The van der Waals surface area contributed by atoms with Gasteiger partial charge >= 0.3 is 6.09 Å². The second-order valence-electron chi connectivity index (χ2n) is 14.3. The van der Waals surface area contributed by atoms with Crippen molar-refractivity contribution in [1.82, 2.24) is 24.2 Å². The summed E-state index contributed by atoms with van der Waals surface area (Å²) in [6.45, 7) is 16.4. The lowest BCUT2D eigenvalue weighted by Crippen LogP contribution is -2.39. The second-order valence-corrected chi connectivity index (χ2v) is 15.7. The molecule has 1 aliphatic rings. The molecular weight excluding hydrogens is 771 g/mol. The molecule has 2 aromatic heterocycles. The number of carbonyl (C=O) groups is 1. The minimum Gasteiger partial charge on any atom is -0.497 e. The number of anilines is 1. The topological polar surface area (TPSA) is 141 Å². The Morgan fingerprint density at radius 1 is 0.898 bits per heavy atom. The van der Waals surface area contributed by atoms with E-state index in [1.807, 2.05) is 71.3 Å². The molecule has 1 amide bonds. The quantitative estimate of drug-likeness (QED) is 0.0456. The Morgan fingerprint density at radius 3 is 2.08 bits per heavy atom. The molecule has 312 valence electrons. The summed E-state index contributed by atoms with van der Waals surface area (Å²) in [5, 5.41) is 2.65. The molecule has 0 aliphatic carbocycles. The van der Waals surface area contributed by atoms with Crippen LogP contribution >= 0.6 is 8.53 Å². The van der Waals surface area contributed by atoms with Gasteiger partial charge in [-0.2, -0.15) is 0 Å². The monoisotopic (exact) mass is 824 g/mol. The van der Waals surface area contributed by atoms with Crippen molar-refractivity contribution in [2.45, 2.75) is 70.2 Å². The lowest BCUT2D eigenvalue weighted by molar-refractivity contribution is -0.0911. The van der Waals surface area contributed by atoms with E-state index in [4.69, 9.17) is 32.7 Å². The van der Waals surface area contributed by atoms with E-state index in [1.165, 1.54) is 12.4 Å². The number of carbonyl (C=O) groups excluding carboxylic acids is 1. The van der Waals surface area contributed by atoms with Crippen LogP contribution in [0.15, 0.2) is 117 Å². The molecule has 1 unspecified atom stereocenters. The number of benzene rings is 3. The molecule has 3 heterocycles. The number of ether oxygens (including phenoxy) is 5. The van der Waals surface area contributed by atoms with E-state index >= 15 is 0 Å². The Hall–Kier alpha value is -5.21. The van der Waals surface area contributed by atoms with Gasteiger partial charge < -0.3 is 32.7 Å². The lowest BCUT2D eigenvalue weighted by atomic mass is 9.80. The first kappa shape index (κ1) is 43.4. The smallest absolute Gasteiger partial charge is 0.413 e. The normalized spacial score (nSPS) is 17.3. The Kier molecular flexibility index (Phi) is 14.8. The van der Waals surface area contributed by atoms with Crippen LogP contribution in [0.1, 0.15) is 57.0 Å². The predicted molar refractivity (Wildman–Crippen MR) is 227 cm³/mol. The van der Waals surface area contributed by atoms with Gasteiger partial charge in [0.2, 0.25) is 0 Å². The van der Waals surface area contributed by atoms with Crippen LogP contribution in [0.3, 0.4) is 0 Å². The maximum absolute atomic E-state index is 12.5. The van der Waals surface area contributed by atoms with Crippen LogP contribution < -0.4 is 14.8 Å². The van der Waals surface area contributed by atoms with E-state index in [2.05, 4.69) is 77.9 Å². The van der Waals surface area contributed by atoms with Crippen molar-refractivity contribution in [3.63, 3.8) is 0 Å². The average molecular weight is 825 g/mol. The van der Waals surface area contributed by atoms with Gasteiger partial charge in [-0.1, -0.05) is 73.3 Å². The minimum absolute atomic E-state index is 0.0435. The van der Waals surface area contributed by atoms with E-state index < -0.39 is 38.7 Å². The highest BCUT2D eigenvalue weighted by molar-refractivity contribution is 7.44. The maximum atomic E-state index is 12.5. The molecule has 3 aromatic carbocycles. The first-order chi connectivity index (χ1) is 28.6. The molecule has 1 saturated heterocycles. The fourth-order valence-corrected chi connectivity index (χ4v) is 8.94. The number of methoxy groups -OCH3 is 2. The summed E-state index contributed by atoms with van der Waals surface area (Å²) in [7, 11) is 1.71. The third kappa shape index (κ3) is 9.82. The predicted octanol–water partition coefficient (Wildman–Crippen LogP) is 8.81. The van der Waals surface area contributed by atoms with Gasteiger partial charge in [-0.3, -0.25) is 9.88 Å². The fraction of sp³-hybridized carbons (Fsp3) is 0.364. The third-order valence-corrected chi connectivity index (χ3v) is 11.9. The molecule has 1 aliphatic heterocycles. The molecule has 0 bridgehead atoms.